The molecule has 3 rings (SSSR count). The number of carbonyl (C=O) groups is 4. The van der Waals surface area contributed by atoms with Crippen LogP contribution in [0.3, 0.4) is 0 Å². The molecule has 1 aliphatic heterocycles. The van der Waals surface area contributed by atoms with Crippen LogP contribution in [0.4, 0.5) is 0 Å². The summed E-state index contributed by atoms with van der Waals surface area (Å²) in [4.78, 5) is 52.6. The maximum atomic E-state index is 12.4. The van der Waals surface area contributed by atoms with E-state index >= 15 is 0 Å². The molecule has 0 saturated carbocycles. The van der Waals surface area contributed by atoms with Gasteiger partial charge in [0.25, 0.3) is 5.91 Å². The Morgan fingerprint density at radius 1 is 1.23 bits per heavy atom. The Morgan fingerprint density at radius 3 is 2.52 bits per heavy atom. The summed E-state index contributed by atoms with van der Waals surface area (Å²) >= 11 is 1.02. The molecule has 1 aliphatic rings. The predicted molar refractivity (Wildman–Crippen MR) is 109 cm³/mol. The fraction of sp³-hybridized carbons (Fsp3) is 0.389. The molecular weight excluding hydrogens is 448 g/mol. The van der Waals surface area contributed by atoms with E-state index in [1.165, 1.54) is 18.2 Å². The summed E-state index contributed by atoms with van der Waals surface area (Å²) in [6.07, 6.45) is 0.122. The lowest BCUT2D eigenvalue weighted by atomic mass is 10.3. The molecule has 1 fully saturated rings. The van der Waals surface area contributed by atoms with Crippen LogP contribution in [0, 0.1) is 0 Å². The Kier molecular flexibility index (Phi) is 6.67. The molecule has 13 heteroatoms. The van der Waals surface area contributed by atoms with Gasteiger partial charge in [0.1, 0.15) is 6.54 Å². The number of primary sulfonamides is 1. The molecule has 1 saturated heterocycles. The van der Waals surface area contributed by atoms with Gasteiger partial charge < -0.3 is 9.30 Å². The fourth-order valence-corrected chi connectivity index (χ4v) is 4.77. The second-order valence-electron chi connectivity index (χ2n) is 6.64. The summed E-state index contributed by atoms with van der Waals surface area (Å²) in [7, 11) is -3.94. The van der Waals surface area contributed by atoms with Gasteiger partial charge in [-0.2, -0.15) is 4.99 Å². The quantitative estimate of drug-likeness (QED) is 0.438. The van der Waals surface area contributed by atoms with Gasteiger partial charge >= 0.3 is 5.97 Å². The van der Waals surface area contributed by atoms with Crippen LogP contribution in [0.2, 0.25) is 0 Å². The van der Waals surface area contributed by atoms with Crippen molar-refractivity contribution in [1.82, 2.24) is 9.47 Å². The molecule has 2 aromatic rings. The molecule has 2 N–H and O–H groups in total. The smallest absolute Gasteiger partial charge is 0.307 e. The molecule has 2 heterocycles. The number of ether oxygens (including phenoxy) is 1. The standard InChI is InChI=1S/C18H20N4O7S2/c1-2-29-17(26)7-8-21-12-4-3-11(31(19,27)28)9-13(12)30-18(21)20-14(23)10-22-15(24)5-6-16(22)25/h3-4,9H,2,5-8,10H2,1H3,(H2,19,27,28). The number of imide groups is 1. The number of fused-ring (bicyclic) bond motifs is 1. The summed E-state index contributed by atoms with van der Waals surface area (Å²) in [5, 5.41) is 5.18. The zero-order valence-electron chi connectivity index (χ0n) is 16.6. The Hall–Kier alpha value is -2.90. The Bertz CT molecular complexity index is 1230. The van der Waals surface area contributed by atoms with Gasteiger partial charge in [0.05, 0.1) is 28.1 Å². The Balaban J connectivity index is 2.00. The number of likely N-dealkylation sites (tertiary alicyclic amines) is 1. The van der Waals surface area contributed by atoms with Crippen LogP contribution in [0.15, 0.2) is 28.1 Å². The predicted octanol–water partition coefficient (Wildman–Crippen LogP) is -0.120. The number of amides is 3. The summed E-state index contributed by atoms with van der Waals surface area (Å²) in [5.74, 6) is -2.02. The second kappa shape index (κ2) is 9.08. The number of rotatable bonds is 7. The minimum Gasteiger partial charge on any atom is -0.466 e. The molecule has 0 radical (unpaired) electrons. The molecule has 11 nitrogen and oxygen atoms in total. The van der Waals surface area contributed by atoms with Gasteiger partial charge in [0, 0.05) is 19.4 Å². The third kappa shape index (κ3) is 5.24. The molecule has 0 atom stereocenters. The maximum absolute atomic E-state index is 12.4. The summed E-state index contributed by atoms with van der Waals surface area (Å²) in [5.41, 5.74) is 0.543. The number of hydrogen-bond acceptors (Lipinski definition) is 8. The number of hydrogen-bond donors (Lipinski definition) is 1. The van der Waals surface area contributed by atoms with Crippen LogP contribution in [-0.4, -0.2) is 54.7 Å². The molecule has 0 aliphatic carbocycles. The third-order valence-corrected chi connectivity index (χ3v) is 6.45. The lowest BCUT2D eigenvalue weighted by Crippen LogP contribution is -2.34. The first-order valence-corrected chi connectivity index (χ1v) is 11.7. The molecule has 0 unspecified atom stereocenters. The minimum atomic E-state index is -3.94. The van der Waals surface area contributed by atoms with Crippen molar-refractivity contribution < 1.29 is 32.3 Å². The van der Waals surface area contributed by atoms with Crippen LogP contribution in [0.5, 0.6) is 0 Å². The van der Waals surface area contributed by atoms with Crippen molar-refractivity contribution in [2.45, 2.75) is 37.6 Å². The summed E-state index contributed by atoms with van der Waals surface area (Å²) in [6.45, 7) is 1.55. The van der Waals surface area contributed by atoms with Gasteiger partial charge in [0.15, 0.2) is 4.80 Å². The van der Waals surface area contributed by atoms with Crippen LogP contribution in [0.25, 0.3) is 10.2 Å². The second-order valence-corrected chi connectivity index (χ2v) is 9.22. The highest BCUT2D eigenvalue weighted by atomic mass is 32.2. The Labute approximate surface area is 181 Å². The topological polar surface area (TPSA) is 158 Å². The molecule has 3 amide bonds. The van der Waals surface area contributed by atoms with E-state index in [-0.39, 0.29) is 42.1 Å². The highest BCUT2D eigenvalue weighted by Gasteiger charge is 2.30. The van der Waals surface area contributed by atoms with E-state index in [4.69, 9.17) is 9.88 Å². The SMILES string of the molecule is CCOC(=O)CCn1c(=NC(=O)CN2C(=O)CCC2=O)sc2cc(S(N)(=O)=O)ccc21. The number of sulfonamides is 1. The van der Waals surface area contributed by atoms with Gasteiger partial charge in [-0.05, 0) is 25.1 Å². The lowest BCUT2D eigenvalue weighted by molar-refractivity contribution is -0.143. The molecule has 0 bridgehead atoms. The van der Waals surface area contributed by atoms with Crippen molar-refractivity contribution in [2.24, 2.45) is 10.1 Å². The van der Waals surface area contributed by atoms with Gasteiger partial charge in [0.2, 0.25) is 21.8 Å². The highest BCUT2D eigenvalue weighted by Crippen LogP contribution is 2.22. The van der Waals surface area contributed by atoms with E-state index in [1.807, 2.05) is 0 Å². The van der Waals surface area contributed by atoms with Crippen molar-refractivity contribution in [1.29, 1.82) is 0 Å². The first-order chi connectivity index (χ1) is 14.6. The first kappa shape index (κ1) is 22.8. The Morgan fingerprint density at radius 2 is 1.90 bits per heavy atom. The molecular formula is C18H20N4O7S2. The number of aryl methyl sites for hydroxylation is 1. The average molecular weight is 469 g/mol. The van der Waals surface area contributed by atoms with Gasteiger partial charge in [-0.1, -0.05) is 11.3 Å². The first-order valence-electron chi connectivity index (χ1n) is 9.32. The monoisotopic (exact) mass is 468 g/mol. The number of carbonyl (C=O) groups excluding carboxylic acids is 4. The van der Waals surface area contributed by atoms with E-state index in [1.54, 1.807) is 11.5 Å². The molecule has 166 valence electrons. The summed E-state index contributed by atoms with van der Waals surface area (Å²) in [6, 6.07) is 4.18. The number of benzene rings is 1. The number of nitrogens with zero attached hydrogens (tertiary/aromatic N) is 3. The summed E-state index contributed by atoms with van der Waals surface area (Å²) < 4.78 is 30.3. The zero-order valence-corrected chi connectivity index (χ0v) is 18.2. The van der Waals surface area contributed by atoms with Crippen LogP contribution < -0.4 is 9.94 Å². The molecule has 0 spiro atoms. The fourth-order valence-electron chi connectivity index (χ4n) is 3.04. The minimum absolute atomic E-state index is 0.00108. The lowest BCUT2D eigenvalue weighted by Gasteiger charge is -2.10. The van der Waals surface area contributed by atoms with E-state index in [9.17, 15) is 27.6 Å². The van der Waals surface area contributed by atoms with Crippen molar-refractivity contribution in [3.8, 4) is 0 Å². The van der Waals surface area contributed by atoms with Crippen molar-refractivity contribution in [3.05, 3.63) is 23.0 Å². The molecule has 31 heavy (non-hydrogen) atoms. The van der Waals surface area contributed by atoms with Gasteiger partial charge in [-0.3, -0.25) is 24.1 Å². The highest BCUT2D eigenvalue weighted by molar-refractivity contribution is 7.89. The van der Waals surface area contributed by atoms with Crippen LogP contribution in [-0.2, 0) is 40.5 Å². The largest absolute Gasteiger partial charge is 0.466 e. The number of esters is 1. The van der Waals surface area contributed by atoms with E-state index in [0.29, 0.717) is 10.2 Å². The van der Waals surface area contributed by atoms with E-state index in [2.05, 4.69) is 4.99 Å². The molecule has 1 aromatic heterocycles. The van der Waals surface area contributed by atoms with Gasteiger partial charge in [-0.25, -0.2) is 13.6 Å². The normalized spacial score (nSPS) is 15.2. The third-order valence-electron chi connectivity index (χ3n) is 4.50. The number of aromatic nitrogens is 1. The van der Waals surface area contributed by atoms with Crippen LogP contribution >= 0.6 is 11.3 Å². The van der Waals surface area contributed by atoms with Crippen molar-refractivity contribution >= 4 is 55.3 Å². The number of nitrogens with two attached hydrogens (primary N) is 1. The van der Waals surface area contributed by atoms with Crippen molar-refractivity contribution in [2.75, 3.05) is 13.2 Å². The van der Waals surface area contributed by atoms with E-state index in [0.717, 1.165) is 16.2 Å². The van der Waals surface area contributed by atoms with Crippen molar-refractivity contribution in [3.63, 3.8) is 0 Å². The number of thiazole rings is 1. The maximum Gasteiger partial charge on any atom is 0.307 e. The van der Waals surface area contributed by atoms with Crippen LogP contribution in [0.1, 0.15) is 26.2 Å². The van der Waals surface area contributed by atoms with Gasteiger partial charge in [-0.15, -0.1) is 0 Å². The zero-order chi connectivity index (χ0) is 22.8. The molecule has 1 aromatic carbocycles. The van der Waals surface area contributed by atoms with E-state index < -0.39 is 40.3 Å². The average Bonchev–Trinajstić information content (AvgIpc) is 3.19.